The lowest BCUT2D eigenvalue weighted by atomic mass is 9.96. The van der Waals surface area contributed by atoms with Gasteiger partial charge in [0.05, 0.1) is 37.2 Å². The maximum Gasteiger partial charge on any atom is 0.414 e. The molecule has 33 heavy (non-hydrogen) atoms. The molecule has 3 rings (SSSR count). The van der Waals surface area contributed by atoms with Crippen molar-refractivity contribution in [3.8, 4) is 0 Å². The van der Waals surface area contributed by atoms with E-state index in [1.807, 2.05) is 51.1 Å². The smallest absolute Gasteiger partial charge is 0.414 e. The van der Waals surface area contributed by atoms with Crippen molar-refractivity contribution in [2.24, 2.45) is 5.73 Å². The van der Waals surface area contributed by atoms with E-state index in [2.05, 4.69) is 10.3 Å². The zero-order chi connectivity index (χ0) is 24.0. The standard InChI is InChI=1S/C24H33N5O4/c1-16(2)33-23(30)28-15-17(3)29(24(31)32-4)21-6-5-19(11-22(21)28)20(12-25)14-27-13-18-7-9-26-10-8-18/h5-11,16-17,20,27H,12-15,25H2,1-4H3/t17-,20?/m0/s1. The molecule has 0 fully saturated rings. The number of rotatable bonds is 7. The van der Waals surface area contributed by atoms with Crippen molar-refractivity contribution >= 4 is 23.6 Å². The predicted octanol–water partition coefficient (Wildman–Crippen LogP) is 3.24. The number of nitrogens with one attached hydrogen (secondary N) is 1. The first kappa shape index (κ1) is 24.5. The van der Waals surface area contributed by atoms with Gasteiger partial charge < -0.3 is 20.5 Å². The Morgan fingerprint density at radius 3 is 2.55 bits per heavy atom. The third kappa shape index (κ3) is 5.80. The van der Waals surface area contributed by atoms with Gasteiger partial charge in [0.15, 0.2) is 0 Å². The van der Waals surface area contributed by atoms with Crippen LogP contribution in [0.5, 0.6) is 0 Å². The number of amides is 2. The number of pyridine rings is 1. The highest BCUT2D eigenvalue weighted by Gasteiger charge is 2.36. The number of benzene rings is 1. The molecular weight excluding hydrogens is 422 g/mol. The van der Waals surface area contributed by atoms with E-state index in [1.165, 1.54) is 7.11 Å². The van der Waals surface area contributed by atoms with E-state index in [0.29, 0.717) is 37.6 Å². The lowest BCUT2D eigenvalue weighted by Gasteiger charge is -2.40. The summed E-state index contributed by atoms with van der Waals surface area (Å²) in [7, 11) is 1.35. The average molecular weight is 456 g/mol. The van der Waals surface area contributed by atoms with Gasteiger partial charge in [-0.15, -0.1) is 0 Å². The Hall–Kier alpha value is -3.17. The van der Waals surface area contributed by atoms with Gasteiger partial charge in [0.25, 0.3) is 0 Å². The highest BCUT2D eigenvalue weighted by molar-refractivity contribution is 6.00. The second-order valence-corrected chi connectivity index (χ2v) is 8.40. The Bertz CT molecular complexity index is 953. The van der Waals surface area contributed by atoms with Gasteiger partial charge in [-0.1, -0.05) is 6.07 Å². The van der Waals surface area contributed by atoms with Gasteiger partial charge in [0.1, 0.15) is 0 Å². The molecule has 0 aliphatic carbocycles. The molecule has 0 saturated heterocycles. The molecular formula is C24H33N5O4. The third-order valence-electron chi connectivity index (χ3n) is 5.59. The molecule has 9 heteroatoms. The first-order valence-corrected chi connectivity index (χ1v) is 11.1. The second kappa shape index (κ2) is 11.1. The zero-order valence-electron chi connectivity index (χ0n) is 19.7. The summed E-state index contributed by atoms with van der Waals surface area (Å²) >= 11 is 0. The molecule has 0 bridgehead atoms. The van der Waals surface area contributed by atoms with E-state index in [1.54, 1.807) is 22.2 Å². The van der Waals surface area contributed by atoms with Crippen LogP contribution in [0.2, 0.25) is 0 Å². The Kier molecular flexibility index (Phi) is 8.24. The monoisotopic (exact) mass is 455 g/mol. The van der Waals surface area contributed by atoms with Gasteiger partial charge in [-0.05, 0) is 56.2 Å². The average Bonchev–Trinajstić information content (AvgIpc) is 2.81. The number of nitrogens with two attached hydrogens (primary N) is 1. The zero-order valence-corrected chi connectivity index (χ0v) is 19.7. The van der Waals surface area contributed by atoms with Crippen molar-refractivity contribution in [2.45, 2.75) is 45.4 Å². The molecule has 2 atom stereocenters. The molecule has 1 unspecified atom stereocenters. The lowest BCUT2D eigenvalue weighted by Crippen LogP contribution is -2.52. The van der Waals surface area contributed by atoms with Crippen molar-refractivity contribution < 1.29 is 19.1 Å². The predicted molar refractivity (Wildman–Crippen MR) is 127 cm³/mol. The van der Waals surface area contributed by atoms with E-state index in [0.717, 1.165) is 11.1 Å². The molecule has 1 aromatic carbocycles. The number of nitrogens with zero attached hydrogens (tertiary/aromatic N) is 3. The lowest BCUT2D eigenvalue weighted by molar-refractivity contribution is 0.121. The summed E-state index contributed by atoms with van der Waals surface area (Å²) < 4.78 is 10.5. The fraction of sp³-hybridized carbons (Fsp3) is 0.458. The number of carbonyl (C=O) groups is 2. The maximum atomic E-state index is 12.9. The van der Waals surface area contributed by atoms with Crippen LogP contribution in [-0.2, 0) is 16.0 Å². The molecule has 2 aromatic rings. The molecule has 1 aromatic heterocycles. The third-order valence-corrected chi connectivity index (χ3v) is 5.59. The number of hydrogen-bond donors (Lipinski definition) is 2. The number of ether oxygens (including phenoxy) is 2. The Balaban J connectivity index is 1.88. The fourth-order valence-corrected chi connectivity index (χ4v) is 3.94. The highest BCUT2D eigenvalue weighted by atomic mass is 16.6. The van der Waals surface area contributed by atoms with Gasteiger partial charge in [-0.25, -0.2) is 9.59 Å². The summed E-state index contributed by atoms with van der Waals surface area (Å²) in [6, 6.07) is 9.37. The Morgan fingerprint density at radius 1 is 1.18 bits per heavy atom. The van der Waals surface area contributed by atoms with Crippen molar-refractivity contribution in [1.29, 1.82) is 0 Å². The Labute approximate surface area is 194 Å². The SMILES string of the molecule is COC(=O)N1c2ccc(C(CN)CNCc3ccncc3)cc2N(C(=O)OC(C)C)C[C@@H]1C. The summed E-state index contributed by atoms with van der Waals surface area (Å²) in [5, 5.41) is 3.44. The summed E-state index contributed by atoms with van der Waals surface area (Å²) in [6.45, 7) is 7.57. The van der Waals surface area contributed by atoms with Gasteiger partial charge in [-0.2, -0.15) is 0 Å². The van der Waals surface area contributed by atoms with Gasteiger partial charge in [0.2, 0.25) is 0 Å². The van der Waals surface area contributed by atoms with Crippen LogP contribution in [0.1, 0.15) is 37.8 Å². The summed E-state index contributed by atoms with van der Waals surface area (Å²) in [5.41, 5.74) is 9.42. The van der Waals surface area contributed by atoms with Crippen molar-refractivity contribution in [2.75, 3.05) is 36.5 Å². The minimum absolute atomic E-state index is 0.0195. The van der Waals surface area contributed by atoms with Crippen LogP contribution >= 0.6 is 0 Å². The van der Waals surface area contributed by atoms with Crippen molar-refractivity contribution in [1.82, 2.24) is 10.3 Å². The number of carbonyl (C=O) groups excluding carboxylic acids is 2. The molecule has 0 saturated carbocycles. The van der Waals surface area contributed by atoms with Gasteiger partial charge in [-0.3, -0.25) is 14.8 Å². The number of aromatic nitrogens is 1. The van der Waals surface area contributed by atoms with Crippen LogP contribution in [0, 0.1) is 0 Å². The topological polar surface area (TPSA) is 110 Å². The van der Waals surface area contributed by atoms with Gasteiger partial charge in [0, 0.05) is 37.9 Å². The molecule has 2 amide bonds. The number of hydrogen-bond acceptors (Lipinski definition) is 7. The second-order valence-electron chi connectivity index (χ2n) is 8.40. The molecule has 1 aliphatic heterocycles. The summed E-state index contributed by atoms with van der Waals surface area (Å²) in [4.78, 5) is 32.5. The van der Waals surface area contributed by atoms with Crippen LogP contribution in [0.25, 0.3) is 0 Å². The molecule has 0 radical (unpaired) electrons. The van der Waals surface area contributed by atoms with Crippen LogP contribution in [0.4, 0.5) is 21.0 Å². The van der Waals surface area contributed by atoms with E-state index < -0.39 is 12.2 Å². The fourth-order valence-electron chi connectivity index (χ4n) is 3.94. The molecule has 1 aliphatic rings. The first-order chi connectivity index (χ1) is 15.8. The van der Waals surface area contributed by atoms with E-state index in [4.69, 9.17) is 15.2 Å². The van der Waals surface area contributed by atoms with Crippen LogP contribution in [0.3, 0.4) is 0 Å². The molecule has 178 valence electrons. The van der Waals surface area contributed by atoms with Gasteiger partial charge >= 0.3 is 12.2 Å². The van der Waals surface area contributed by atoms with Crippen LogP contribution in [0.15, 0.2) is 42.7 Å². The quantitative estimate of drug-likeness (QED) is 0.659. The maximum absolute atomic E-state index is 12.9. The summed E-state index contributed by atoms with van der Waals surface area (Å²) in [5.74, 6) is 0.0195. The van der Waals surface area contributed by atoms with Crippen molar-refractivity contribution in [3.63, 3.8) is 0 Å². The number of fused-ring (bicyclic) bond motifs is 1. The normalized spacial score (nSPS) is 16.4. The van der Waals surface area contributed by atoms with Crippen LogP contribution < -0.4 is 20.9 Å². The largest absolute Gasteiger partial charge is 0.452 e. The van der Waals surface area contributed by atoms with Crippen molar-refractivity contribution in [3.05, 3.63) is 53.9 Å². The molecule has 9 nitrogen and oxygen atoms in total. The van der Waals surface area contributed by atoms with E-state index in [-0.39, 0.29) is 18.1 Å². The number of methoxy groups -OCH3 is 1. The summed E-state index contributed by atoms with van der Waals surface area (Å²) in [6.07, 6.45) is 2.36. The minimum atomic E-state index is -0.470. The highest BCUT2D eigenvalue weighted by Crippen LogP contribution is 2.38. The molecule has 0 spiro atoms. The molecule has 3 N–H and O–H groups in total. The van der Waals surface area contributed by atoms with E-state index in [9.17, 15) is 9.59 Å². The Morgan fingerprint density at radius 2 is 1.91 bits per heavy atom. The molecule has 2 heterocycles. The van der Waals surface area contributed by atoms with E-state index >= 15 is 0 Å². The minimum Gasteiger partial charge on any atom is -0.452 e. The number of anilines is 2. The van der Waals surface area contributed by atoms with Crippen LogP contribution in [-0.4, -0.2) is 56.1 Å². The first-order valence-electron chi connectivity index (χ1n) is 11.1.